The van der Waals surface area contributed by atoms with E-state index in [0.717, 1.165) is 12.0 Å². The maximum atomic E-state index is 13.4. The van der Waals surface area contributed by atoms with Gasteiger partial charge in [-0.2, -0.15) is 8.42 Å². The second kappa shape index (κ2) is 9.97. The molecule has 0 aliphatic carbocycles. The van der Waals surface area contributed by atoms with E-state index in [2.05, 4.69) is 40.4 Å². The summed E-state index contributed by atoms with van der Waals surface area (Å²) in [4.78, 5) is 28.7. The Morgan fingerprint density at radius 2 is 1.86 bits per heavy atom. The number of carbonyl (C=O) groups is 1. The number of hydrogen-bond donors (Lipinski definition) is 2. The van der Waals surface area contributed by atoms with Gasteiger partial charge in [0.25, 0.3) is 15.9 Å². The summed E-state index contributed by atoms with van der Waals surface area (Å²) in [5.74, 6) is 0.493. The molecule has 198 valence electrons. The predicted octanol–water partition coefficient (Wildman–Crippen LogP) is 3.82. The molecule has 1 amide bonds. The van der Waals surface area contributed by atoms with Gasteiger partial charge in [0.15, 0.2) is 5.03 Å². The fourth-order valence-electron chi connectivity index (χ4n) is 4.68. The van der Waals surface area contributed by atoms with Gasteiger partial charge in [0.05, 0.1) is 23.6 Å². The third-order valence-corrected chi connectivity index (χ3v) is 7.52. The minimum Gasteiger partial charge on any atom is -0.478 e. The lowest BCUT2D eigenvalue weighted by Gasteiger charge is -2.34. The number of pyridine rings is 3. The smallest absolute Gasteiger partial charge is 0.281 e. The predicted molar refractivity (Wildman–Crippen MR) is 144 cm³/mol. The van der Waals surface area contributed by atoms with Crippen LogP contribution in [0.1, 0.15) is 51.5 Å². The van der Waals surface area contributed by atoms with Crippen molar-refractivity contribution in [2.24, 2.45) is 5.92 Å². The average molecular weight is 527 g/mol. The number of rotatable bonds is 7. The zero-order valence-corrected chi connectivity index (χ0v) is 22.5. The monoisotopic (exact) mass is 526 g/mol. The molecule has 0 aromatic carbocycles. The van der Waals surface area contributed by atoms with E-state index in [1.165, 1.54) is 18.2 Å². The summed E-state index contributed by atoms with van der Waals surface area (Å²) in [7, 11) is -4.25. The van der Waals surface area contributed by atoms with Gasteiger partial charge in [-0.05, 0) is 70.4 Å². The van der Waals surface area contributed by atoms with E-state index >= 15 is 0 Å². The van der Waals surface area contributed by atoms with E-state index in [1.54, 1.807) is 12.1 Å². The van der Waals surface area contributed by atoms with Crippen LogP contribution in [0.25, 0.3) is 11.4 Å². The molecule has 1 aliphatic heterocycles. The first-order valence-corrected chi connectivity index (χ1v) is 13.6. The molecule has 0 radical (unpaired) electrons. The Hall–Kier alpha value is -3.73. The van der Waals surface area contributed by atoms with Crippen LogP contribution in [0, 0.1) is 12.8 Å². The summed E-state index contributed by atoms with van der Waals surface area (Å²) in [6.45, 7) is 11.2. The number of carbonyl (C=O) groups excluding carboxylic acids is 1. The number of hydrogen-bond acceptors (Lipinski definition) is 9. The largest absolute Gasteiger partial charge is 0.478 e. The van der Waals surface area contributed by atoms with Crippen LogP contribution in [-0.2, 0) is 10.0 Å². The molecule has 1 fully saturated rings. The van der Waals surface area contributed by atoms with Crippen molar-refractivity contribution in [3.63, 3.8) is 0 Å². The van der Waals surface area contributed by atoms with Gasteiger partial charge in [0.1, 0.15) is 11.6 Å². The summed E-state index contributed by atoms with van der Waals surface area (Å²) < 4.78 is 33.6. The van der Waals surface area contributed by atoms with Crippen LogP contribution in [0.3, 0.4) is 0 Å². The van der Waals surface area contributed by atoms with Crippen LogP contribution in [-0.4, -0.2) is 48.0 Å². The molecule has 4 rings (SSSR count). The van der Waals surface area contributed by atoms with Gasteiger partial charge < -0.3 is 15.4 Å². The normalized spacial score (nSPS) is 17.0. The van der Waals surface area contributed by atoms with Crippen molar-refractivity contribution in [2.45, 2.75) is 51.6 Å². The molecule has 11 heteroatoms. The number of nitrogens with zero attached hydrogens (tertiary/aromatic N) is 4. The van der Waals surface area contributed by atoms with Crippen molar-refractivity contribution >= 4 is 27.6 Å². The summed E-state index contributed by atoms with van der Waals surface area (Å²) in [6.07, 6.45) is 0.892. The van der Waals surface area contributed by atoms with Crippen LogP contribution in [0.15, 0.2) is 47.5 Å². The van der Waals surface area contributed by atoms with E-state index in [9.17, 15) is 13.2 Å². The summed E-state index contributed by atoms with van der Waals surface area (Å²) in [6, 6.07) is 11.2. The quantitative estimate of drug-likeness (QED) is 0.470. The van der Waals surface area contributed by atoms with Gasteiger partial charge in [0, 0.05) is 19.1 Å². The average Bonchev–Trinajstić information content (AvgIpc) is 3.11. The molecular weight excluding hydrogens is 492 g/mol. The molecule has 3 N–H and O–H groups in total. The second-order valence-corrected chi connectivity index (χ2v) is 11.5. The number of nitrogens with one attached hydrogen (secondary N) is 1. The third kappa shape index (κ3) is 5.51. The van der Waals surface area contributed by atoms with Crippen molar-refractivity contribution in [1.29, 1.82) is 0 Å². The highest BCUT2D eigenvalue weighted by Crippen LogP contribution is 2.38. The molecule has 1 aliphatic rings. The molecule has 3 aromatic rings. The zero-order chi connectivity index (χ0) is 27.0. The number of anilines is 2. The summed E-state index contributed by atoms with van der Waals surface area (Å²) in [5, 5.41) is -0.339. The van der Waals surface area contributed by atoms with Crippen molar-refractivity contribution in [3.8, 4) is 17.3 Å². The molecule has 1 saturated heterocycles. The van der Waals surface area contributed by atoms with Crippen molar-refractivity contribution in [3.05, 3.63) is 53.6 Å². The SMILES string of the molecule is CCOc1nc(-c2ccc(C(=O)NS(=O)(=O)c3cccc(N)n3)c(N3CC(C)CC3(C)C)n2)ccc1C.[HH]. The lowest BCUT2D eigenvalue weighted by atomic mass is 9.97. The Kier molecular flexibility index (Phi) is 7.09. The summed E-state index contributed by atoms with van der Waals surface area (Å²) in [5.41, 5.74) is 7.50. The molecule has 4 heterocycles. The molecular formula is C26H34N6O4S. The number of sulfonamides is 1. The molecule has 0 saturated carbocycles. The number of amides is 1. The number of nitrogen functional groups attached to an aromatic ring is 1. The minimum absolute atomic E-state index is 0. The molecule has 0 bridgehead atoms. The molecule has 1 unspecified atom stereocenters. The highest BCUT2D eigenvalue weighted by atomic mass is 32.2. The fourth-order valence-corrected chi connectivity index (χ4v) is 5.62. The topological polar surface area (TPSA) is 140 Å². The Morgan fingerprint density at radius 1 is 1.16 bits per heavy atom. The van der Waals surface area contributed by atoms with Crippen LogP contribution in [0.4, 0.5) is 11.6 Å². The number of aromatic nitrogens is 3. The maximum Gasteiger partial charge on any atom is 0.281 e. The van der Waals surface area contributed by atoms with E-state index in [0.29, 0.717) is 42.2 Å². The standard InChI is InChI=1S/C26H32N6O4S.H2/c1-6-36-25-17(3)10-12-20(29-25)19-13-11-18(23(28-19)32-15-16(2)14-26(32,4)5)24(33)31-37(34,35)22-9-7-8-21(27)30-22;/h7-13,16H,6,14-15H2,1-5H3,(H2,27,30)(H,31,33);1H. The van der Waals surface area contributed by atoms with Gasteiger partial charge in [-0.3, -0.25) is 4.79 Å². The number of aryl methyl sites for hydroxylation is 1. The zero-order valence-electron chi connectivity index (χ0n) is 21.6. The Labute approximate surface area is 218 Å². The van der Waals surface area contributed by atoms with Gasteiger partial charge in [-0.25, -0.2) is 19.7 Å². The van der Waals surface area contributed by atoms with E-state index in [4.69, 9.17) is 15.5 Å². The van der Waals surface area contributed by atoms with Crippen molar-refractivity contribution < 1.29 is 19.4 Å². The summed E-state index contributed by atoms with van der Waals surface area (Å²) >= 11 is 0. The molecule has 37 heavy (non-hydrogen) atoms. The first-order chi connectivity index (χ1) is 17.4. The Balaban J connectivity index is 0.00000400. The third-order valence-electron chi connectivity index (χ3n) is 6.29. The molecule has 1 atom stereocenters. The highest BCUT2D eigenvalue weighted by molar-refractivity contribution is 7.90. The van der Waals surface area contributed by atoms with Crippen LogP contribution >= 0.6 is 0 Å². The van der Waals surface area contributed by atoms with Crippen LogP contribution in [0.2, 0.25) is 0 Å². The lowest BCUT2D eigenvalue weighted by molar-refractivity contribution is 0.0981. The number of nitrogens with two attached hydrogens (primary N) is 1. The van der Waals surface area contributed by atoms with Crippen LogP contribution < -0.4 is 20.1 Å². The fraction of sp³-hybridized carbons (Fsp3) is 0.385. The Bertz CT molecular complexity index is 1450. The Morgan fingerprint density at radius 3 is 2.51 bits per heavy atom. The minimum atomic E-state index is -4.25. The first-order valence-electron chi connectivity index (χ1n) is 12.1. The molecule has 3 aromatic heterocycles. The van der Waals surface area contributed by atoms with Gasteiger partial charge in [-0.1, -0.05) is 19.1 Å². The van der Waals surface area contributed by atoms with E-state index in [1.807, 2.05) is 26.0 Å². The van der Waals surface area contributed by atoms with Gasteiger partial charge in [0.2, 0.25) is 5.88 Å². The second-order valence-electron chi connectivity index (χ2n) is 9.89. The number of ether oxygens (including phenoxy) is 1. The van der Waals surface area contributed by atoms with Gasteiger partial charge >= 0.3 is 0 Å². The van der Waals surface area contributed by atoms with E-state index < -0.39 is 15.9 Å². The van der Waals surface area contributed by atoms with Crippen molar-refractivity contribution in [2.75, 3.05) is 23.8 Å². The maximum absolute atomic E-state index is 13.4. The van der Waals surface area contributed by atoms with E-state index in [-0.39, 0.29) is 23.4 Å². The van der Waals surface area contributed by atoms with Crippen LogP contribution in [0.5, 0.6) is 5.88 Å². The highest BCUT2D eigenvalue weighted by Gasteiger charge is 2.39. The molecule has 10 nitrogen and oxygen atoms in total. The first kappa shape index (κ1) is 26.3. The lowest BCUT2D eigenvalue weighted by Crippen LogP contribution is -2.41. The van der Waals surface area contributed by atoms with Crippen molar-refractivity contribution in [1.82, 2.24) is 19.7 Å². The molecule has 0 spiro atoms. The van der Waals surface area contributed by atoms with Gasteiger partial charge in [-0.15, -0.1) is 0 Å².